The van der Waals surface area contributed by atoms with E-state index in [1.54, 1.807) is 45.0 Å². The van der Waals surface area contributed by atoms with Crippen LogP contribution in [-0.4, -0.2) is 46.4 Å². The monoisotopic (exact) mass is 568 g/mol. The molecule has 4 N–H and O–H groups in total. The maximum atomic E-state index is 14.2. The van der Waals surface area contributed by atoms with E-state index in [-0.39, 0.29) is 18.9 Å². The highest BCUT2D eigenvalue weighted by Crippen LogP contribution is 2.36. The van der Waals surface area contributed by atoms with Crippen molar-refractivity contribution in [3.63, 3.8) is 0 Å². The van der Waals surface area contributed by atoms with Crippen LogP contribution in [0.3, 0.4) is 0 Å². The maximum Gasteiger partial charge on any atom is 0.408 e. The first kappa shape index (κ1) is 30.1. The van der Waals surface area contributed by atoms with Crippen molar-refractivity contribution in [3.8, 4) is 12.3 Å². The zero-order valence-electron chi connectivity index (χ0n) is 24.1. The van der Waals surface area contributed by atoms with Gasteiger partial charge in [-0.2, -0.15) is 0 Å². The van der Waals surface area contributed by atoms with E-state index in [2.05, 4.69) is 16.6 Å². The molecule has 0 aromatic heterocycles. The number of benzene rings is 3. The molecule has 42 heavy (non-hydrogen) atoms. The molecular formula is C33H36N4O5. The summed E-state index contributed by atoms with van der Waals surface area (Å²) in [6.07, 6.45) is 5.92. The van der Waals surface area contributed by atoms with Crippen LogP contribution in [0.4, 0.5) is 10.5 Å². The molecule has 4 amide bonds. The second-order valence-corrected chi connectivity index (χ2v) is 11.4. The van der Waals surface area contributed by atoms with E-state index < -0.39 is 41.5 Å². The Labute approximate surface area is 245 Å². The van der Waals surface area contributed by atoms with Crippen LogP contribution >= 0.6 is 0 Å². The van der Waals surface area contributed by atoms with E-state index in [9.17, 15) is 19.2 Å². The predicted molar refractivity (Wildman–Crippen MR) is 161 cm³/mol. The van der Waals surface area contributed by atoms with Crippen molar-refractivity contribution in [2.75, 3.05) is 5.32 Å². The minimum absolute atomic E-state index is 0.0499. The smallest absolute Gasteiger partial charge is 0.408 e. The fourth-order valence-electron chi connectivity index (χ4n) is 4.72. The Morgan fingerprint density at radius 2 is 1.69 bits per heavy atom. The van der Waals surface area contributed by atoms with Gasteiger partial charge in [0.25, 0.3) is 5.91 Å². The van der Waals surface area contributed by atoms with Gasteiger partial charge in [0.2, 0.25) is 11.8 Å². The van der Waals surface area contributed by atoms with E-state index in [0.717, 1.165) is 10.8 Å². The van der Waals surface area contributed by atoms with Crippen molar-refractivity contribution in [2.24, 2.45) is 5.73 Å². The van der Waals surface area contributed by atoms with Crippen molar-refractivity contribution in [2.45, 2.75) is 70.2 Å². The summed E-state index contributed by atoms with van der Waals surface area (Å²) in [5.41, 5.74) is 6.33. The molecule has 2 unspecified atom stereocenters. The van der Waals surface area contributed by atoms with Gasteiger partial charge < -0.3 is 26.0 Å². The molecule has 3 aromatic carbocycles. The van der Waals surface area contributed by atoms with Crippen LogP contribution in [0.25, 0.3) is 10.8 Å². The minimum atomic E-state index is -1.14. The highest BCUT2D eigenvalue weighted by Gasteiger charge is 2.44. The maximum absolute atomic E-state index is 14.2. The summed E-state index contributed by atoms with van der Waals surface area (Å²) in [6, 6.07) is 17.8. The zero-order chi connectivity index (χ0) is 30.4. The van der Waals surface area contributed by atoms with Crippen LogP contribution in [0.15, 0.2) is 66.7 Å². The Hall–Kier alpha value is -4.84. The second-order valence-electron chi connectivity index (χ2n) is 11.4. The largest absolute Gasteiger partial charge is 0.444 e. The summed E-state index contributed by atoms with van der Waals surface area (Å²) in [7, 11) is 0. The zero-order valence-corrected chi connectivity index (χ0v) is 24.1. The lowest BCUT2D eigenvalue weighted by molar-refractivity contribution is -0.141. The van der Waals surface area contributed by atoms with Crippen molar-refractivity contribution in [1.29, 1.82) is 0 Å². The number of nitrogens with two attached hydrogens (primary N) is 1. The Morgan fingerprint density at radius 1 is 1.02 bits per heavy atom. The summed E-state index contributed by atoms with van der Waals surface area (Å²) in [6.45, 7) is 5.11. The molecule has 0 radical (unpaired) electrons. The standard InChI is InChI=1S/C33H36N4O5/c1-5-21-10-12-23(13-11-21)29(30(39)35-25-15-14-22-8-6-7-9-24(22)20-25)37(26-16-17-26)31(40)27(18-19-28(34)38)36-32(41)42-33(2,3)4/h1,6-15,20,26-27,29H,16-19H2,2-4H3,(H2,34,38)(H,35,39)(H,36,41). The highest BCUT2D eigenvalue weighted by molar-refractivity contribution is 6.00. The molecule has 218 valence electrons. The van der Waals surface area contributed by atoms with Gasteiger partial charge in [0.1, 0.15) is 17.7 Å². The molecule has 2 atom stereocenters. The number of amides is 4. The summed E-state index contributed by atoms with van der Waals surface area (Å²) in [4.78, 5) is 54.1. The van der Waals surface area contributed by atoms with Crippen molar-refractivity contribution < 1.29 is 23.9 Å². The van der Waals surface area contributed by atoms with E-state index in [0.29, 0.717) is 29.7 Å². The minimum Gasteiger partial charge on any atom is -0.444 e. The molecule has 0 bridgehead atoms. The van der Waals surface area contributed by atoms with Gasteiger partial charge >= 0.3 is 6.09 Å². The highest BCUT2D eigenvalue weighted by atomic mass is 16.6. The van der Waals surface area contributed by atoms with Gasteiger partial charge in [-0.3, -0.25) is 14.4 Å². The van der Waals surface area contributed by atoms with Crippen LogP contribution in [-0.2, 0) is 19.1 Å². The lowest BCUT2D eigenvalue weighted by atomic mass is 10.00. The first-order valence-corrected chi connectivity index (χ1v) is 13.9. The van der Waals surface area contributed by atoms with Crippen LogP contribution in [0.1, 0.15) is 63.6 Å². The van der Waals surface area contributed by atoms with E-state index in [1.165, 1.54) is 4.90 Å². The van der Waals surface area contributed by atoms with Crippen molar-refractivity contribution >= 4 is 40.3 Å². The number of fused-ring (bicyclic) bond motifs is 1. The summed E-state index contributed by atoms with van der Waals surface area (Å²) < 4.78 is 5.38. The SMILES string of the molecule is C#Cc1ccc(C(C(=O)Nc2ccc3ccccc3c2)N(C(=O)C(CCC(N)=O)NC(=O)OC(C)(C)C)C2CC2)cc1. The number of hydrogen-bond donors (Lipinski definition) is 3. The number of anilines is 1. The topological polar surface area (TPSA) is 131 Å². The average molecular weight is 569 g/mol. The van der Waals surface area contributed by atoms with Gasteiger partial charge in [-0.05, 0) is 80.6 Å². The third-order valence-corrected chi connectivity index (χ3v) is 6.80. The average Bonchev–Trinajstić information content (AvgIpc) is 3.77. The number of carbonyl (C=O) groups excluding carboxylic acids is 4. The number of ether oxygens (including phenoxy) is 1. The van der Waals surface area contributed by atoms with Crippen molar-refractivity contribution in [3.05, 3.63) is 77.9 Å². The molecule has 9 heteroatoms. The molecule has 1 fully saturated rings. The van der Waals surface area contributed by atoms with Gasteiger partial charge in [0.05, 0.1) is 0 Å². The lowest BCUT2D eigenvalue weighted by Crippen LogP contribution is -2.53. The molecule has 3 aromatic rings. The Balaban J connectivity index is 1.70. The third kappa shape index (κ3) is 7.88. The van der Waals surface area contributed by atoms with Crippen LogP contribution in [0, 0.1) is 12.3 Å². The van der Waals surface area contributed by atoms with E-state index in [1.807, 2.05) is 42.5 Å². The van der Waals surface area contributed by atoms with Crippen molar-refractivity contribution in [1.82, 2.24) is 10.2 Å². The first-order valence-electron chi connectivity index (χ1n) is 13.9. The molecule has 4 rings (SSSR count). The van der Waals surface area contributed by atoms with Crippen LogP contribution < -0.4 is 16.4 Å². The van der Waals surface area contributed by atoms with Gasteiger partial charge in [-0.15, -0.1) is 6.42 Å². The predicted octanol–water partition coefficient (Wildman–Crippen LogP) is 4.65. The molecule has 9 nitrogen and oxygen atoms in total. The Bertz CT molecular complexity index is 1520. The number of terminal acetylenes is 1. The van der Waals surface area contributed by atoms with Gasteiger partial charge in [-0.1, -0.05) is 48.4 Å². The molecule has 1 saturated carbocycles. The number of carbonyl (C=O) groups is 4. The van der Waals surface area contributed by atoms with Crippen LogP contribution in [0.2, 0.25) is 0 Å². The van der Waals surface area contributed by atoms with E-state index >= 15 is 0 Å². The molecule has 1 aliphatic carbocycles. The summed E-state index contributed by atoms with van der Waals surface area (Å²) in [5, 5.41) is 7.57. The molecule has 0 heterocycles. The number of alkyl carbamates (subject to hydrolysis) is 1. The fraction of sp³-hybridized carbons (Fsp3) is 0.333. The Morgan fingerprint density at radius 3 is 2.29 bits per heavy atom. The summed E-state index contributed by atoms with van der Waals surface area (Å²) >= 11 is 0. The third-order valence-electron chi connectivity index (χ3n) is 6.80. The Kier molecular flexibility index (Phi) is 9.16. The molecule has 0 spiro atoms. The number of hydrogen-bond acceptors (Lipinski definition) is 5. The fourth-order valence-corrected chi connectivity index (χ4v) is 4.72. The lowest BCUT2D eigenvalue weighted by Gasteiger charge is -2.34. The van der Waals surface area contributed by atoms with Crippen LogP contribution in [0.5, 0.6) is 0 Å². The van der Waals surface area contributed by atoms with Gasteiger partial charge in [0, 0.05) is 23.7 Å². The number of nitrogens with one attached hydrogen (secondary N) is 2. The molecule has 0 aliphatic heterocycles. The second kappa shape index (κ2) is 12.8. The quantitative estimate of drug-likeness (QED) is 0.307. The molecular weight excluding hydrogens is 532 g/mol. The van der Waals surface area contributed by atoms with Gasteiger partial charge in [-0.25, -0.2) is 4.79 Å². The first-order chi connectivity index (χ1) is 19.9. The molecule has 0 saturated heterocycles. The normalized spacial score (nSPS) is 14.2. The number of rotatable bonds is 10. The number of primary amides is 1. The number of nitrogens with zero attached hydrogens (tertiary/aromatic N) is 1. The van der Waals surface area contributed by atoms with E-state index in [4.69, 9.17) is 16.9 Å². The molecule has 1 aliphatic rings. The van der Waals surface area contributed by atoms with Gasteiger partial charge in [0.15, 0.2) is 0 Å². The summed E-state index contributed by atoms with van der Waals surface area (Å²) in [5.74, 6) is 1.01.